The van der Waals surface area contributed by atoms with E-state index in [9.17, 15) is 13.2 Å². The van der Waals surface area contributed by atoms with Crippen LogP contribution in [-0.2, 0) is 14.8 Å². The van der Waals surface area contributed by atoms with Gasteiger partial charge in [-0.3, -0.25) is 9.10 Å². The fraction of sp³-hybridized carbons (Fsp3) is 0.192. The molecule has 0 spiro atoms. The smallest absolute Gasteiger partial charge is 0.258 e. The molecule has 0 unspecified atom stereocenters. The van der Waals surface area contributed by atoms with Crippen LogP contribution in [0, 0.1) is 0 Å². The minimum Gasteiger partial charge on any atom is -0.399 e. The predicted molar refractivity (Wildman–Crippen MR) is 144 cm³/mol. The molecule has 0 atom stereocenters. The maximum absolute atomic E-state index is 13.0. The van der Waals surface area contributed by atoms with Crippen LogP contribution in [0.15, 0.2) is 72.8 Å². The minimum atomic E-state index is -3.44. The average molecular weight is 492 g/mol. The van der Waals surface area contributed by atoms with E-state index < -0.39 is 10.0 Å². The van der Waals surface area contributed by atoms with Crippen LogP contribution in [0.5, 0.6) is 0 Å². The Kier molecular flexibility index (Phi) is 6.81. The zero-order valence-electron chi connectivity index (χ0n) is 19.9. The van der Waals surface area contributed by atoms with E-state index in [0.29, 0.717) is 47.1 Å². The van der Waals surface area contributed by atoms with Crippen molar-refractivity contribution in [2.45, 2.75) is 0 Å². The molecule has 8 nitrogen and oxygen atoms in total. The molecule has 0 saturated carbocycles. The topological polar surface area (TPSA) is 108 Å². The second-order valence-electron chi connectivity index (χ2n) is 8.69. The molecule has 0 fully saturated rings. The van der Waals surface area contributed by atoms with E-state index in [1.165, 1.54) is 10.6 Å². The molecular weight excluding hydrogens is 462 g/mol. The maximum atomic E-state index is 13.0. The standard InChI is InChI=1S/C26H29N5O3S/c1-30(2)15-16-31(35(3,33)34)21-12-10-20(11-13-21)28-25(18-7-5-4-6-8-18)24-22-17-19(27)9-14-23(22)29-26(24)32/h4-14,17,28H,15-16,27H2,1-3H3,(H,29,32)/b25-24-. The van der Waals surface area contributed by atoms with Crippen molar-refractivity contribution in [2.24, 2.45) is 0 Å². The Balaban J connectivity index is 1.73. The van der Waals surface area contributed by atoms with Crippen LogP contribution in [0.2, 0.25) is 0 Å². The van der Waals surface area contributed by atoms with E-state index in [4.69, 9.17) is 5.73 Å². The number of fused-ring (bicyclic) bond motifs is 1. The molecule has 4 rings (SSSR count). The second kappa shape index (κ2) is 9.81. The SMILES string of the molecule is CN(C)CCN(c1ccc(N/C(=C2\C(=O)Nc3ccc(N)cc32)c2ccccc2)cc1)S(C)(=O)=O. The van der Waals surface area contributed by atoms with Crippen molar-refractivity contribution >= 4 is 50.0 Å². The minimum absolute atomic E-state index is 0.222. The van der Waals surface area contributed by atoms with Gasteiger partial charge in [0.2, 0.25) is 10.0 Å². The number of amides is 1. The molecule has 0 bridgehead atoms. The van der Waals surface area contributed by atoms with E-state index in [-0.39, 0.29) is 5.91 Å². The van der Waals surface area contributed by atoms with E-state index in [2.05, 4.69) is 10.6 Å². The molecule has 1 aliphatic heterocycles. The highest BCUT2D eigenvalue weighted by Crippen LogP contribution is 2.38. The summed E-state index contributed by atoms with van der Waals surface area (Å²) in [7, 11) is 0.361. The van der Waals surface area contributed by atoms with E-state index in [1.807, 2.05) is 49.3 Å². The predicted octanol–water partition coefficient (Wildman–Crippen LogP) is 3.53. The number of hydrogen-bond acceptors (Lipinski definition) is 6. The first kappa shape index (κ1) is 24.3. The van der Waals surface area contributed by atoms with Crippen molar-refractivity contribution in [3.63, 3.8) is 0 Å². The van der Waals surface area contributed by atoms with Gasteiger partial charge in [0.1, 0.15) is 0 Å². The third-order valence-electron chi connectivity index (χ3n) is 5.68. The number of likely N-dealkylation sites (N-methyl/N-ethyl adjacent to an activating group) is 1. The van der Waals surface area contributed by atoms with Gasteiger partial charge in [0.05, 0.1) is 23.2 Å². The van der Waals surface area contributed by atoms with Crippen LogP contribution in [0.4, 0.5) is 22.7 Å². The number of anilines is 4. The highest BCUT2D eigenvalue weighted by Gasteiger charge is 2.28. The first-order valence-electron chi connectivity index (χ1n) is 11.1. The third-order valence-corrected chi connectivity index (χ3v) is 6.87. The summed E-state index contributed by atoms with van der Waals surface area (Å²) in [5.74, 6) is -0.222. The van der Waals surface area contributed by atoms with Gasteiger partial charge in [0.25, 0.3) is 5.91 Å². The van der Waals surface area contributed by atoms with Gasteiger partial charge in [0, 0.05) is 35.7 Å². The van der Waals surface area contributed by atoms with Gasteiger partial charge >= 0.3 is 0 Å². The number of carbonyl (C=O) groups is 1. The van der Waals surface area contributed by atoms with Gasteiger partial charge in [-0.05, 0) is 62.1 Å². The Labute approximate surface area is 206 Å². The first-order valence-corrected chi connectivity index (χ1v) is 13.0. The zero-order chi connectivity index (χ0) is 25.2. The summed E-state index contributed by atoms with van der Waals surface area (Å²) < 4.78 is 26.1. The summed E-state index contributed by atoms with van der Waals surface area (Å²) in [5, 5.41) is 6.29. The monoisotopic (exact) mass is 491 g/mol. The molecule has 1 amide bonds. The number of rotatable bonds is 8. The fourth-order valence-electron chi connectivity index (χ4n) is 3.95. The highest BCUT2D eigenvalue weighted by atomic mass is 32.2. The van der Waals surface area contributed by atoms with Crippen LogP contribution in [0.3, 0.4) is 0 Å². The Morgan fingerprint density at radius 1 is 0.971 bits per heavy atom. The Hall–Kier alpha value is -3.82. The summed E-state index contributed by atoms with van der Waals surface area (Å²) >= 11 is 0. The van der Waals surface area contributed by atoms with Crippen molar-refractivity contribution < 1.29 is 13.2 Å². The molecule has 3 aromatic rings. The number of nitrogens with two attached hydrogens (primary N) is 1. The zero-order valence-corrected chi connectivity index (χ0v) is 20.8. The summed E-state index contributed by atoms with van der Waals surface area (Å²) in [6.45, 7) is 0.936. The molecular formula is C26H29N5O3S. The van der Waals surface area contributed by atoms with Gasteiger partial charge < -0.3 is 21.3 Å². The van der Waals surface area contributed by atoms with E-state index in [0.717, 1.165) is 11.1 Å². The van der Waals surface area contributed by atoms with Gasteiger partial charge in [-0.25, -0.2) is 8.42 Å². The fourth-order valence-corrected chi connectivity index (χ4v) is 4.87. The molecule has 9 heteroatoms. The number of sulfonamides is 1. The Bertz CT molecular complexity index is 1370. The lowest BCUT2D eigenvalue weighted by Gasteiger charge is -2.24. The van der Waals surface area contributed by atoms with Crippen LogP contribution in [0.1, 0.15) is 11.1 Å². The van der Waals surface area contributed by atoms with Crippen LogP contribution in [0.25, 0.3) is 11.3 Å². The van der Waals surface area contributed by atoms with Crippen molar-refractivity contribution in [2.75, 3.05) is 54.1 Å². The lowest BCUT2D eigenvalue weighted by molar-refractivity contribution is -0.110. The molecule has 1 heterocycles. The van der Waals surface area contributed by atoms with Gasteiger partial charge in [-0.15, -0.1) is 0 Å². The summed E-state index contributed by atoms with van der Waals surface area (Å²) in [6.07, 6.45) is 1.20. The average Bonchev–Trinajstić information content (AvgIpc) is 3.12. The Morgan fingerprint density at radius 3 is 2.29 bits per heavy atom. The number of nitrogen functional groups attached to an aromatic ring is 1. The van der Waals surface area contributed by atoms with E-state index in [1.54, 1.807) is 42.5 Å². The molecule has 1 aliphatic rings. The number of hydrogen-bond donors (Lipinski definition) is 3. The van der Waals surface area contributed by atoms with Gasteiger partial charge in [0.15, 0.2) is 0 Å². The van der Waals surface area contributed by atoms with Crippen LogP contribution in [-0.4, -0.2) is 52.7 Å². The van der Waals surface area contributed by atoms with Crippen LogP contribution < -0.4 is 20.7 Å². The molecule has 35 heavy (non-hydrogen) atoms. The van der Waals surface area contributed by atoms with Crippen LogP contribution >= 0.6 is 0 Å². The lowest BCUT2D eigenvalue weighted by Crippen LogP contribution is -2.35. The lowest BCUT2D eigenvalue weighted by atomic mass is 9.99. The van der Waals surface area contributed by atoms with Crippen molar-refractivity contribution in [3.8, 4) is 0 Å². The van der Waals surface area contributed by atoms with Crippen molar-refractivity contribution in [1.82, 2.24) is 4.90 Å². The molecule has 182 valence electrons. The third kappa shape index (κ3) is 5.47. The first-order chi connectivity index (χ1) is 16.6. The molecule has 0 aromatic heterocycles. The molecule has 4 N–H and O–H groups in total. The molecule has 0 radical (unpaired) electrons. The maximum Gasteiger partial charge on any atom is 0.258 e. The highest BCUT2D eigenvalue weighted by molar-refractivity contribution is 7.92. The number of carbonyl (C=O) groups excluding carboxylic acids is 1. The van der Waals surface area contributed by atoms with Gasteiger partial charge in [-0.1, -0.05) is 30.3 Å². The quantitative estimate of drug-likeness (QED) is 0.329. The molecule has 0 saturated heterocycles. The van der Waals surface area contributed by atoms with Gasteiger partial charge in [-0.2, -0.15) is 0 Å². The second-order valence-corrected chi connectivity index (χ2v) is 10.6. The van der Waals surface area contributed by atoms with Crippen molar-refractivity contribution in [1.29, 1.82) is 0 Å². The normalized spacial score (nSPS) is 14.5. The summed E-state index contributed by atoms with van der Waals surface area (Å²) in [5.41, 5.74) is 11.3. The number of nitrogens with one attached hydrogen (secondary N) is 2. The molecule has 0 aliphatic carbocycles. The molecule has 3 aromatic carbocycles. The van der Waals surface area contributed by atoms with E-state index >= 15 is 0 Å². The summed E-state index contributed by atoms with van der Waals surface area (Å²) in [6, 6.07) is 22.0. The Morgan fingerprint density at radius 2 is 1.66 bits per heavy atom. The number of benzene rings is 3. The summed E-state index contributed by atoms with van der Waals surface area (Å²) in [4.78, 5) is 14.9. The van der Waals surface area contributed by atoms with Crippen molar-refractivity contribution in [3.05, 3.63) is 83.9 Å². The largest absolute Gasteiger partial charge is 0.399 e. The number of nitrogens with zero attached hydrogens (tertiary/aromatic N) is 2.